The second-order valence-electron chi connectivity index (χ2n) is 3.50. The number of anilines is 1. The molecular formula is C10H9F3N4O. The number of pyridine rings is 1. The number of halogens is 3. The Morgan fingerprint density at radius 3 is 2.61 bits per heavy atom. The number of alkyl halides is 3. The van der Waals surface area contributed by atoms with Crippen molar-refractivity contribution in [2.24, 2.45) is 5.73 Å². The van der Waals surface area contributed by atoms with Gasteiger partial charge in [0.25, 0.3) is 0 Å². The van der Waals surface area contributed by atoms with Crippen LogP contribution in [0, 0.1) is 11.3 Å². The van der Waals surface area contributed by atoms with Crippen LogP contribution < -0.4 is 10.6 Å². The van der Waals surface area contributed by atoms with E-state index in [0.717, 1.165) is 11.0 Å². The molecule has 2 N–H and O–H groups in total. The molecule has 0 unspecified atom stereocenters. The molecule has 0 saturated carbocycles. The fraction of sp³-hybridized carbons (Fsp3) is 0.300. The van der Waals surface area contributed by atoms with Crippen molar-refractivity contribution in [3.05, 3.63) is 23.4 Å². The van der Waals surface area contributed by atoms with Crippen molar-refractivity contribution in [1.29, 1.82) is 5.26 Å². The minimum absolute atomic E-state index is 0.0632. The number of hydrogen-bond acceptors (Lipinski definition) is 4. The number of primary amides is 1. The number of likely N-dealkylation sites (N-methyl/N-ethyl adjacent to an activating group) is 1. The molecule has 8 heteroatoms. The van der Waals surface area contributed by atoms with E-state index in [1.54, 1.807) is 6.07 Å². The number of amides is 1. The molecule has 1 heterocycles. The Kier molecular flexibility index (Phi) is 3.76. The van der Waals surface area contributed by atoms with Gasteiger partial charge in [-0.2, -0.15) is 18.4 Å². The van der Waals surface area contributed by atoms with Gasteiger partial charge >= 0.3 is 6.18 Å². The maximum Gasteiger partial charge on any atom is 0.433 e. The molecule has 1 aromatic heterocycles. The third kappa shape index (κ3) is 3.10. The van der Waals surface area contributed by atoms with E-state index in [4.69, 9.17) is 11.0 Å². The Morgan fingerprint density at radius 1 is 1.56 bits per heavy atom. The fourth-order valence-corrected chi connectivity index (χ4v) is 1.29. The van der Waals surface area contributed by atoms with Crippen LogP contribution in [-0.4, -0.2) is 24.5 Å². The Labute approximate surface area is 101 Å². The molecule has 1 aromatic rings. The van der Waals surface area contributed by atoms with Crippen LogP contribution in [0.5, 0.6) is 0 Å². The van der Waals surface area contributed by atoms with Gasteiger partial charge in [0.15, 0.2) is 0 Å². The first-order chi connectivity index (χ1) is 8.25. The zero-order valence-corrected chi connectivity index (χ0v) is 9.32. The molecule has 1 rings (SSSR count). The lowest BCUT2D eigenvalue weighted by Gasteiger charge is -2.18. The molecule has 0 atom stereocenters. The minimum Gasteiger partial charge on any atom is -0.368 e. The second kappa shape index (κ2) is 4.91. The van der Waals surface area contributed by atoms with Crippen molar-refractivity contribution in [1.82, 2.24) is 4.98 Å². The highest BCUT2D eigenvalue weighted by molar-refractivity contribution is 5.79. The van der Waals surface area contributed by atoms with Crippen molar-refractivity contribution in [3.8, 4) is 6.07 Å². The van der Waals surface area contributed by atoms with E-state index in [2.05, 4.69) is 4.98 Å². The zero-order chi connectivity index (χ0) is 13.9. The van der Waals surface area contributed by atoms with E-state index in [0.29, 0.717) is 6.07 Å². The molecule has 0 fully saturated rings. The molecule has 0 aromatic carbocycles. The van der Waals surface area contributed by atoms with Crippen LogP contribution in [0.25, 0.3) is 0 Å². The highest BCUT2D eigenvalue weighted by Crippen LogP contribution is 2.30. The van der Waals surface area contributed by atoms with Crippen LogP contribution in [0.15, 0.2) is 12.1 Å². The summed E-state index contributed by atoms with van der Waals surface area (Å²) in [4.78, 5) is 15.1. The van der Waals surface area contributed by atoms with E-state index >= 15 is 0 Å². The maximum absolute atomic E-state index is 12.5. The van der Waals surface area contributed by atoms with Gasteiger partial charge in [0.05, 0.1) is 12.1 Å². The second-order valence-corrected chi connectivity index (χ2v) is 3.50. The van der Waals surface area contributed by atoms with E-state index in [9.17, 15) is 18.0 Å². The molecule has 0 aliphatic heterocycles. The number of hydrogen-bond donors (Lipinski definition) is 1. The fourth-order valence-electron chi connectivity index (χ4n) is 1.29. The third-order valence-corrected chi connectivity index (χ3v) is 2.04. The van der Waals surface area contributed by atoms with Gasteiger partial charge in [0.2, 0.25) is 5.91 Å². The van der Waals surface area contributed by atoms with Crippen LogP contribution in [0.2, 0.25) is 0 Å². The first-order valence-corrected chi connectivity index (χ1v) is 4.73. The highest BCUT2D eigenvalue weighted by atomic mass is 19.4. The number of nitriles is 1. The summed E-state index contributed by atoms with van der Waals surface area (Å²) in [6.07, 6.45) is -4.61. The predicted molar refractivity (Wildman–Crippen MR) is 56.4 cm³/mol. The van der Waals surface area contributed by atoms with Gasteiger partial charge in [-0.25, -0.2) is 4.98 Å². The average Bonchev–Trinajstić information content (AvgIpc) is 2.26. The number of rotatable bonds is 3. The lowest BCUT2D eigenvalue weighted by molar-refractivity contribution is -0.141. The summed E-state index contributed by atoms with van der Waals surface area (Å²) >= 11 is 0. The maximum atomic E-state index is 12.5. The third-order valence-electron chi connectivity index (χ3n) is 2.04. The summed E-state index contributed by atoms with van der Waals surface area (Å²) in [5, 5.41) is 8.78. The van der Waals surface area contributed by atoms with E-state index < -0.39 is 17.8 Å². The Hall–Kier alpha value is -2.30. The Bertz CT molecular complexity index is 507. The molecule has 1 amide bonds. The van der Waals surface area contributed by atoms with E-state index in [-0.39, 0.29) is 17.9 Å². The number of aromatic nitrogens is 1. The van der Waals surface area contributed by atoms with Gasteiger partial charge in [-0.3, -0.25) is 4.79 Å². The van der Waals surface area contributed by atoms with Crippen molar-refractivity contribution in [2.45, 2.75) is 6.18 Å². The standard InChI is InChI=1S/C10H9F3N4O/c1-17(5-8(15)18)9-6(4-14)2-3-7(16-9)10(11,12)13/h2-3H,5H2,1H3,(H2,15,18). The summed E-state index contributed by atoms with van der Waals surface area (Å²) in [7, 11) is 1.33. The van der Waals surface area contributed by atoms with Crippen LogP contribution in [0.1, 0.15) is 11.3 Å². The molecule has 0 spiro atoms. The molecule has 0 radical (unpaired) electrons. The quantitative estimate of drug-likeness (QED) is 0.872. The first kappa shape index (κ1) is 13.8. The summed E-state index contributed by atoms with van der Waals surface area (Å²) < 4.78 is 37.4. The van der Waals surface area contributed by atoms with Gasteiger partial charge < -0.3 is 10.6 Å². The molecule has 96 valence electrons. The zero-order valence-electron chi connectivity index (χ0n) is 9.32. The van der Waals surface area contributed by atoms with Crippen LogP contribution in [-0.2, 0) is 11.0 Å². The van der Waals surface area contributed by atoms with Gasteiger partial charge in [0.1, 0.15) is 17.6 Å². The SMILES string of the molecule is CN(CC(N)=O)c1nc(C(F)(F)F)ccc1C#N. The smallest absolute Gasteiger partial charge is 0.368 e. The van der Waals surface area contributed by atoms with Gasteiger partial charge in [0, 0.05) is 7.05 Å². The Morgan fingerprint density at radius 2 is 2.17 bits per heavy atom. The Balaban J connectivity index is 3.23. The van der Waals surface area contributed by atoms with Crippen LogP contribution in [0.3, 0.4) is 0 Å². The molecule has 0 aliphatic carbocycles. The lowest BCUT2D eigenvalue weighted by atomic mass is 10.2. The number of nitrogens with zero attached hydrogens (tertiary/aromatic N) is 3. The summed E-state index contributed by atoms with van der Waals surface area (Å²) in [6.45, 7) is -0.330. The monoisotopic (exact) mass is 258 g/mol. The molecule has 0 bridgehead atoms. The normalized spacial score (nSPS) is 10.8. The highest BCUT2D eigenvalue weighted by Gasteiger charge is 2.33. The first-order valence-electron chi connectivity index (χ1n) is 4.73. The van der Waals surface area contributed by atoms with E-state index in [1.807, 2.05) is 0 Å². The molecule has 5 nitrogen and oxygen atoms in total. The summed E-state index contributed by atoms with van der Waals surface area (Å²) in [5.74, 6) is -0.966. The molecular weight excluding hydrogens is 249 g/mol. The van der Waals surface area contributed by atoms with Crippen molar-refractivity contribution < 1.29 is 18.0 Å². The number of carbonyl (C=O) groups excluding carboxylic acids is 1. The van der Waals surface area contributed by atoms with Crippen molar-refractivity contribution in [2.75, 3.05) is 18.5 Å². The van der Waals surface area contributed by atoms with Crippen molar-refractivity contribution in [3.63, 3.8) is 0 Å². The molecule has 0 saturated heterocycles. The predicted octanol–water partition coefficient (Wildman–Crippen LogP) is 0.894. The number of carbonyl (C=O) groups is 1. The lowest BCUT2D eigenvalue weighted by Crippen LogP contribution is -2.32. The molecule has 0 aliphatic rings. The minimum atomic E-state index is -4.61. The molecule has 18 heavy (non-hydrogen) atoms. The number of nitrogens with two attached hydrogens (primary N) is 1. The van der Waals surface area contributed by atoms with E-state index in [1.165, 1.54) is 7.05 Å². The largest absolute Gasteiger partial charge is 0.433 e. The summed E-state index contributed by atoms with van der Waals surface area (Å²) in [5.41, 5.74) is 3.74. The summed E-state index contributed by atoms with van der Waals surface area (Å²) in [6, 6.07) is 3.42. The van der Waals surface area contributed by atoms with Crippen LogP contribution >= 0.6 is 0 Å². The topological polar surface area (TPSA) is 83.0 Å². The van der Waals surface area contributed by atoms with Gasteiger partial charge in [-0.15, -0.1) is 0 Å². The van der Waals surface area contributed by atoms with Gasteiger partial charge in [-0.1, -0.05) is 0 Å². The van der Waals surface area contributed by atoms with Crippen molar-refractivity contribution >= 4 is 11.7 Å². The van der Waals surface area contributed by atoms with Crippen LogP contribution in [0.4, 0.5) is 19.0 Å². The average molecular weight is 258 g/mol. The van der Waals surface area contributed by atoms with Gasteiger partial charge in [-0.05, 0) is 12.1 Å².